The van der Waals surface area contributed by atoms with Crippen molar-refractivity contribution < 1.29 is 19.0 Å². The zero-order valence-electron chi connectivity index (χ0n) is 20.7. The standard InChI is InChI=1S/C27H35N3O5/c1-27(2,3)25(31)35-21(18-34-23-11-7-10-22-24(23)29-26(32)28-22)16-30-14-12-19(13-15-30)17-33-20-8-5-4-6-9-20/h4-11,19,21H,12-18H2,1-3H3,(H2,28,29,32). The van der Waals surface area contributed by atoms with Gasteiger partial charge in [0, 0.05) is 6.54 Å². The lowest BCUT2D eigenvalue weighted by Gasteiger charge is -2.34. The number of piperidine rings is 1. The molecule has 4 rings (SSSR count). The summed E-state index contributed by atoms with van der Waals surface area (Å²) in [5, 5.41) is 0. The number of esters is 1. The highest BCUT2D eigenvalue weighted by Crippen LogP contribution is 2.24. The molecule has 0 saturated carbocycles. The van der Waals surface area contributed by atoms with E-state index >= 15 is 0 Å². The number of imidazole rings is 1. The maximum atomic E-state index is 12.7. The van der Waals surface area contributed by atoms with Gasteiger partial charge < -0.3 is 24.2 Å². The van der Waals surface area contributed by atoms with E-state index < -0.39 is 11.5 Å². The molecule has 2 N–H and O–H groups in total. The van der Waals surface area contributed by atoms with Gasteiger partial charge >= 0.3 is 11.7 Å². The lowest BCUT2D eigenvalue weighted by Crippen LogP contribution is -2.44. The van der Waals surface area contributed by atoms with E-state index in [1.165, 1.54) is 0 Å². The van der Waals surface area contributed by atoms with Gasteiger partial charge in [-0.3, -0.25) is 9.69 Å². The number of carbonyl (C=O) groups is 1. The molecule has 3 aromatic rings. The molecule has 8 nitrogen and oxygen atoms in total. The number of nitrogens with zero attached hydrogens (tertiary/aromatic N) is 1. The van der Waals surface area contributed by atoms with Crippen molar-refractivity contribution in [2.75, 3.05) is 32.8 Å². The van der Waals surface area contributed by atoms with Crippen LogP contribution in [0.15, 0.2) is 53.3 Å². The monoisotopic (exact) mass is 481 g/mol. The molecular weight excluding hydrogens is 446 g/mol. The lowest BCUT2D eigenvalue weighted by molar-refractivity contribution is -0.161. The molecule has 1 aromatic heterocycles. The van der Waals surface area contributed by atoms with Gasteiger partial charge in [-0.2, -0.15) is 0 Å². The predicted octanol–water partition coefficient (Wildman–Crippen LogP) is 3.98. The molecule has 0 spiro atoms. The van der Waals surface area contributed by atoms with Gasteiger partial charge in [0.05, 0.1) is 17.5 Å². The first-order valence-corrected chi connectivity index (χ1v) is 12.2. The minimum Gasteiger partial charge on any atom is -0.493 e. The van der Waals surface area contributed by atoms with Crippen LogP contribution in [0.1, 0.15) is 33.6 Å². The zero-order chi connectivity index (χ0) is 24.8. The normalized spacial score (nSPS) is 16.2. The van der Waals surface area contributed by atoms with Gasteiger partial charge in [0.15, 0.2) is 0 Å². The molecule has 188 valence electrons. The summed E-state index contributed by atoms with van der Waals surface area (Å²) in [4.78, 5) is 32.2. The minimum atomic E-state index is -0.605. The van der Waals surface area contributed by atoms with Gasteiger partial charge in [0.1, 0.15) is 29.7 Å². The Morgan fingerprint density at radius 2 is 1.77 bits per heavy atom. The molecule has 0 amide bonds. The highest BCUT2D eigenvalue weighted by Gasteiger charge is 2.29. The van der Waals surface area contributed by atoms with Crippen LogP contribution in [0.4, 0.5) is 0 Å². The molecule has 1 unspecified atom stereocenters. The van der Waals surface area contributed by atoms with E-state index in [2.05, 4.69) is 14.9 Å². The highest BCUT2D eigenvalue weighted by molar-refractivity contribution is 5.81. The van der Waals surface area contributed by atoms with Crippen LogP contribution < -0.4 is 15.2 Å². The fourth-order valence-corrected chi connectivity index (χ4v) is 4.14. The number of aromatic amines is 2. The number of rotatable bonds is 9. The second-order valence-electron chi connectivity index (χ2n) is 10.2. The molecular formula is C27H35N3O5. The van der Waals surface area contributed by atoms with Crippen LogP contribution in [0.2, 0.25) is 0 Å². The Labute approximate surface area is 205 Å². The topological polar surface area (TPSA) is 96.7 Å². The lowest BCUT2D eigenvalue weighted by atomic mass is 9.97. The number of para-hydroxylation sites is 2. The van der Waals surface area contributed by atoms with Crippen LogP contribution in [0.3, 0.4) is 0 Å². The fourth-order valence-electron chi connectivity index (χ4n) is 4.14. The summed E-state index contributed by atoms with van der Waals surface area (Å²) < 4.78 is 17.9. The molecule has 35 heavy (non-hydrogen) atoms. The summed E-state index contributed by atoms with van der Waals surface area (Å²) in [6, 6.07) is 15.3. The molecule has 8 heteroatoms. The smallest absolute Gasteiger partial charge is 0.323 e. The van der Waals surface area contributed by atoms with Crippen LogP contribution in [-0.2, 0) is 9.53 Å². The largest absolute Gasteiger partial charge is 0.493 e. The summed E-state index contributed by atoms with van der Waals surface area (Å²) in [6.07, 6.45) is 1.62. The Bertz CT molecular complexity index is 1160. The first-order valence-electron chi connectivity index (χ1n) is 12.2. The van der Waals surface area contributed by atoms with Crippen molar-refractivity contribution in [2.24, 2.45) is 11.3 Å². The second kappa shape index (κ2) is 11.0. The Kier molecular flexibility index (Phi) is 7.80. The molecule has 1 aliphatic rings. The average Bonchev–Trinajstić information content (AvgIpc) is 3.23. The van der Waals surface area contributed by atoms with E-state index in [0.29, 0.717) is 35.9 Å². The highest BCUT2D eigenvalue weighted by atomic mass is 16.6. The fraction of sp³-hybridized carbons (Fsp3) is 0.481. The number of H-pyrrole nitrogens is 2. The number of likely N-dealkylation sites (tertiary alicyclic amines) is 1. The molecule has 2 heterocycles. The van der Waals surface area contributed by atoms with Crippen molar-refractivity contribution in [2.45, 2.75) is 39.7 Å². The summed E-state index contributed by atoms with van der Waals surface area (Å²) >= 11 is 0. The summed E-state index contributed by atoms with van der Waals surface area (Å²) in [7, 11) is 0. The van der Waals surface area contributed by atoms with E-state index in [4.69, 9.17) is 14.2 Å². The Morgan fingerprint density at radius 3 is 2.49 bits per heavy atom. The Morgan fingerprint density at radius 1 is 1.03 bits per heavy atom. The predicted molar refractivity (Wildman–Crippen MR) is 135 cm³/mol. The van der Waals surface area contributed by atoms with Crippen molar-refractivity contribution in [1.29, 1.82) is 0 Å². The van der Waals surface area contributed by atoms with E-state index in [9.17, 15) is 9.59 Å². The maximum absolute atomic E-state index is 12.7. The van der Waals surface area contributed by atoms with Gasteiger partial charge in [-0.05, 0) is 76.9 Å². The van der Waals surface area contributed by atoms with Crippen LogP contribution in [-0.4, -0.2) is 59.8 Å². The number of aromatic nitrogens is 2. The summed E-state index contributed by atoms with van der Waals surface area (Å²) in [6.45, 7) is 8.85. The minimum absolute atomic E-state index is 0.200. The van der Waals surface area contributed by atoms with Crippen molar-refractivity contribution in [1.82, 2.24) is 14.9 Å². The van der Waals surface area contributed by atoms with Crippen LogP contribution in [0, 0.1) is 11.3 Å². The van der Waals surface area contributed by atoms with Crippen molar-refractivity contribution in [3.63, 3.8) is 0 Å². The maximum Gasteiger partial charge on any atom is 0.323 e. The second-order valence-corrected chi connectivity index (χ2v) is 10.2. The number of carbonyl (C=O) groups excluding carboxylic acids is 1. The molecule has 1 aliphatic heterocycles. The number of nitrogens with one attached hydrogen (secondary N) is 2. The van der Waals surface area contributed by atoms with Gasteiger partial charge in [-0.1, -0.05) is 24.3 Å². The number of ether oxygens (including phenoxy) is 3. The van der Waals surface area contributed by atoms with Crippen molar-refractivity contribution in [3.05, 3.63) is 59.0 Å². The van der Waals surface area contributed by atoms with E-state index in [1.807, 2.05) is 63.2 Å². The third-order valence-electron chi connectivity index (χ3n) is 6.22. The molecule has 1 atom stereocenters. The number of hydrogen-bond donors (Lipinski definition) is 2. The van der Waals surface area contributed by atoms with Crippen LogP contribution in [0.5, 0.6) is 11.5 Å². The van der Waals surface area contributed by atoms with E-state index in [1.54, 1.807) is 6.07 Å². The first-order chi connectivity index (χ1) is 16.8. The quantitative estimate of drug-likeness (QED) is 0.449. The zero-order valence-corrected chi connectivity index (χ0v) is 20.7. The van der Waals surface area contributed by atoms with E-state index in [-0.39, 0.29) is 18.3 Å². The van der Waals surface area contributed by atoms with Gasteiger partial charge in [-0.15, -0.1) is 0 Å². The van der Waals surface area contributed by atoms with E-state index in [0.717, 1.165) is 31.7 Å². The van der Waals surface area contributed by atoms with Gasteiger partial charge in [0.25, 0.3) is 0 Å². The molecule has 2 aromatic carbocycles. The van der Waals surface area contributed by atoms with Crippen molar-refractivity contribution >= 4 is 17.0 Å². The average molecular weight is 482 g/mol. The third kappa shape index (κ3) is 6.88. The van der Waals surface area contributed by atoms with Crippen molar-refractivity contribution in [3.8, 4) is 11.5 Å². The SMILES string of the molecule is CC(C)(C)C(=O)OC(COc1cccc2[nH]c(=O)[nH]c12)CN1CCC(COc2ccccc2)CC1. The number of hydrogen-bond acceptors (Lipinski definition) is 6. The summed E-state index contributed by atoms with van der Waals surface area (Å²) in [5.74, 6) is 1.70. The Balaban J connectivity index is 1.34. The molecule has 1 saturated heterocycles. The summed E-state index contributed by atoms with van der Waals surface area (Å²) in [5.41, 5.74) is 0.394. The number of benzene rings is 2. The molecule has 0 aliphatic carbocycles. The number of fused-ring (bicyclic) bond motifs is 1. The van der Waals surface area contributed by atoms with Crippen LogP contribution >= 0.6 is 0 Å². The third-order valence-corrected chi connectivity index (χ3v) is 6.22. The Hall–Kier alpha value is -3.26. The van der Waals surface area contributed by atoms with Gasteiger partial charge in [0.2, 0.25) is 0 Å². The van der Waals surface area contributed by atoms with Gasteiger partial charge in [-0.25, -0.2) is 4.79 Å². The molecule has 0 bridgehead atoms. The van der Waals surface area contributed by atoms with Crippen LogP contribution in [0.25, 0.3) is 11.0 Å². The molecule has 1 fully saturated rings. The molecule has 0 radical (unpaired) electrons. The first kappa shape index (κ1) is 24.9.